The van der Waals surface area contributed by atoms with Crippen molar-refractivity contribution in [1.29, 1.82) is 0 Å². The van der Waals surface area contributed by atoms with Crippen LogP contribution in [0.1, 0.15) is 51.9 Å². The van der Waals surface area contributed by atoms with Crippen LogP contribution in [-0.4, -0.2) is 48.6 Å². The molecule has 3 rings (SSSR count). The molecule has 4 nitrogen and oxygen atoms in total. The second kappa shape index (κ2) is 5.68. The van der Waals surface area contributed by atoms with Gasteiger partial charge in [0, 0.05) is 31.0 Å². The van der Waals surface area contributed by atoms with Gasteiger partial charge in [-0.05, 0) is 32.2 Å². The largest absolute Gasteiger partial charge is 0.347 e. The predicted molar refractivity (Wildman–Crippen MR) is 74.9 cm³/mol. The Morgan fingerprint density at radius 3 is 2.58 bits per heavy atom. The summed E-state index contributed by atoms with van der Waals surface area (Å²) < 4.78 is 11.8. The van der Waals surface area contributed by atoms with Gasteiger partial charge in [-0.25, -0.2) is 0 Å². The van der Waals surface area contributed by atoms with E-state index in [0.29, 0.717) is 6.04 Å². The second-order valence-corrected chi connectivity index (χ2v) is 6.40. The van der Waals surface area contributed by atoms with E-state index in [-0.39, 0.29) is 11.8 Å². The summed E-state index contributed by atoms with van der Waals surface area (Å²) in [5.41, 5.74) is 6.42. The molecule has 0 aromatic heterocycles. The van der Waals surface area contributed by atoms with Gasteiger partial charge in [-0.2, -0.15) is 0 Å². The van der Waals surface area contributed by atoms with Crippen LogP contribution in [0.15, 0.2) is 0 Å². The van der Waals surface area contributed by atoms with Crippen molar-refractivity contribution >= 4 is 0 Å². The van der Waals surface area contributed by atoms with E-state index >= 15 is 0 Å². The summed E-state index contributed by atoms with van der Waals surface area (Å²) in [6.45, 7) is 4.95. The third kappa shape index (κ3) is 2.97. The molecule has 110 valence electrons. The highest BCUT2D eigenvalue weighted by Crippen LogP contribution is 2.40. The third-order valence-corrected chi connectivity index (χ3v) is 4.90. The van der Waals surface area contributed by atoms with E-state index in [1.54, 1.807) is 0 Å². The highest BCUT2D eigenvalue weighted by Gasteiger charge is 2.48. The van der Waals surface area contributed by atoms with E-state index in [1.165, 1.54) is 32.2 Å². The SMILES string of the molecule is CCCCN(C1CC1)C1CC2(CCC1N)OCCO2. The zero-order valence-corrected chi connectivity index (χ0v) is 12.1. The molecule has 2 atom stereocenters. The van der Waals surface area contributed by atoms with Crippen LogP contribution in [0, 0.1) is 0 Å². The second-order valence-electron chi connectivity index (χ2n) is 6.40. The number of nitrogens with zero attached hydrogens (tertiary/aromatic N) is 1. The predicted octanol–water partition coefficient (Wildman–Crippen LogP) is 1.87. The van der Waals surface area contributed by atoms with Crippen LogP contribution >= 0.6 is 0 Å². The lowest BCUT2D eigenvalue weighted by atomic mass is 9.85. The van der Waals surface area contributed by atoms with Crippen molar-refractivity contribution in [3.05, 3.63) is 0 Å². The Kier molecular flexibility index (Phi) is 4.13. The van der Waals surface area contributed by atoms with Crippen LogP contribution in [0.3, 0.4) is 0 Å². The molecule has 4 heteroatoms. The standard InChI is InChI=1S/C15H28N2O2/c1-2-3-8-17(12-4-5-12)14-11-15(7-6-13(14)16)18-9-10-19-15/h12-14H,2-11,16H2,1H3. The summed E-state index contributed by atoms with van der Waals surface area (Å²) in [5.74, 6) is -0.306. The van der Waals surface area contributed by atoms with E-state index in [0.717, 1.165) is 38.5 Å². The fraction of sp³-hybridized carbons (Fsp3) is 1.00. The molecule has 3 aliphatic rings. The van der Waals surface area contributed by atoms with Gasteiger partial charge in [0.25, 0.3) is 0 Å². The molecule has 2 saturated carbocycles. The van der Waals surface area contributed by atoms with Gasteiger partial charge in [0.15, 0.2) is 5.79 Å². The van der Waals surface area contributed by atoms with Gasteiger partial charge in [-0.3, -0.25) is 4.90 Å². The van der Waals surface area contributed by atoms with Gasteiger partial charge < -0.3 is 15.2 Å². The molecule has 0 radical (unpaired) electrons. The first-order valence-corrected chi connectivity index (χ1v) is 8.03. The number of nitrogens with two attached hydrogens (primary N) is 1. The molecular weight excluding hydrogens is 240 g/mol. The minimum atomic E-state index is -0.306. The summed E-state index contributed by atoms with van der Waals surface area (Å²) in [5, 5.41) is 0. The Morgan fingerprint density at radius 2 is 1.95 bits per heavy atom. The molecule has 0 aromatic rings. The maximum Gasteiger partial charge on any atom is 0.170 e. The van der Waals surface area contributed by atoms with E-state index in [4.69, 9.17) is 15.2 Å². The Balaban J connectivity index is 1.68. The number of rotatable bonds is 5. The van der Waals surface area contributed by atoms with Crippen LogP contribution in [0.25, 0.3) is 0 Å². The molecule has 1 spiro atoms. The normalized spacial score (nSPS) is 34.3. The molecule has 0 amide bonds. The van der Waals surface area contributed by atoms with Crippen molar-refractivity contribution < 1.29 is 9.47 Å². The zero-order valence-electron chi connectivity index (χ0n) is 12.1. The average Bonchev–Trinajstić information content (AvgIpc) is 3.15. The van der Waals surface area contributed by atoms with E-state index in [1.807, 2.05) is 0 Å². The van der Waals surface area contributed by atoms with E-state index < -0.39 is 0 Å². The van der Waals surface area contributed by atoms with Crippen LogP contribution in [0.2, 0.25) is 0 Å². The molecule has 19 heavy (non-hydrogen) atoms. The first-order valence-electron chi connectivity index (χ1n) is 8.03. The Bertz CT molecular complexity index is 301. The Hall–Kier alpha value is -0.160. The van der Waals surface area contributed by atoms with Crippen molar-refractivity contribution in [3.8, 4) is 0 Å². The first-order chi connectivity index (χ1) is 9.24. The summed E-state index contributed by atoms with van der Waals surface area (Å²) in [7, 11) is 0. The monoisotopic (exact) mass is 268 g/mol. The Labute approximate surface area is 116 Å². The minimum absolute atomic E-state index is 0.288. The molecule has 0 bridgehead atoms. The van der Waals surface area contributed by atoms with Gasteiger partial charge in [0.2, 0.25) is 0 Å². The quantitative estimate of drug-likeness (QED) is 0.827. The van der Waals surface area contributed by atoms with Gasteiger partial charge in [-0.1, -0.05) is 13.3 Å². The van der Waals surface area contributed by atoms with E-state index in [2.05, 4.69) is 11.8 Å². The molecular formula is C15H28N2O2. The molecule has 1 saturated heterocycles. The van der Waals surface area contributed by atoms with Crippen LogP contribution in [0.5, 0.6) is 0 Å². The maximum absolute atomic E-state index is 6.42. The van der Waals surface area contributed by atoms with E-state index in [9.17, 15) is 0 Å². The molecule has 3 fully saturated rings. The summed E-state index contributed by atoms with van der Waals surface area (Å²) >= 11 is 0. The highest BCUT2D eigenvalue weighted by atomic mass is 16.7. The lowest BCUT2D eigenvalue weighted by Gasteiger charge is -2.45. The molecule has 2 unspecified atom stereocenters. The number of unbranched alkanes of at least 4 members (excludes halogenated alkanes) is 1. The minimum Gasteiger partial charge on any atom is -0.347 e. The number of ether oxygens (including phenoxy) is 2. The van der Waals surface area contributed by atoms with Crippen LogP contribution in [0.4, 0.5) is 0 Å². The summed E-state index contributed by atoms with van der Waals surface area (Å²) in [4.78, 5) is 2.67. The van der Waals surface area contributed by atoms with Crippen molar-refractivity contribution in [2.75, 3.05) is 19.8 Å². The topological polar surface area (TPSA) is 47.7 Å². The van der Waals surface area contributed by atoms with Crippen molar-refractivity contribution in [2.24, 2.45) is 5.73 Å². The number of hydrogen-bond acceptors (Lipinski definition) is 4. The molecule has 0 aromatic carbocycles. The molecule has 1 aliphatic heterocycles. The van der Waals surface area contributed by atoms with Crippen molar-refractivity contribution in [2.45, 2.75) is 75.8 Å². The lowest BCUT2D eigenvalue weighted by Crippen LogP contribution is -2.57. The lowest BCUT2D eigenvalue weighted by molar-refractivity contribution is -0.192. The Morgan fingerprint density at radius 1 is 1.21 bits per heavy atom. The van der Waals surface area contributed by atoms with Gasteiger partial charge in [0.05, 0.1) is 13.2 Å². The average molecular weight is 268 g/mol. The highest BCUT2D eigenvalue weighted by molar-refractivity contribution is 4.99. The van der Waals surface area contributed by atoms with Crippen LogP contribution < -0.4 is 5.73 Å². The van der Waals surface area contributed by atoms with Crippen molar-refractivity contribution in [1.82, 2.24) is 4.90 Å². The zero-order chi connectivity index (χ0) is 13.3. The summed E-state index contributed by atoms with van der Waals surface area (Å²) in [6, 6.07) is 1.51. The van der Waals surface area contributed by atoms with Gasteiger partial charge in [0.1, 0.15) is 0 Å². The molecule has 2 N–H and O–H groups in total. The fourth-order valence-corrected chi connectivity index (χ4v) is 3.64. The third-order valence-electron chi connectivity index (χ3n) is 4.90. The maximum atomic E-state index is 6.42. The summed E-state index contributed by atoms with van der Waals surface area (Å²) in [6.07, 6.45) is 8.19. The molecule has 1 heterocycles. The molecule has 2 aliphatic carbocycles. The fourth-order valence-electron chi connectivity index (χ4n) is 3.64. The smallest absolute Gasteiger partial charge is 0.170 e. The van der Waals surface area contributed by atoms with Crippen LogP contribution in [-0.2, 0) is 9.47 Å². The first kappa shape index (κ1) is 13.8. The van der Waals surface area contributed by atoms with Gasteiger partial charge in [-0.15, -0.1) is 0 Å². The number of hydrogen-bond donors (Lipinski definition) is 1. The van der Waals surface area contributed by atoms with Gasteiger partial charge >= 0.3 is 0 Å². The van der Waals surface area contributed by atoms with Crippen molar-refractivity contribution in [3.63, 3.8) is 0 Å².